The molecule has 2 saturated heterocycles. The molecule has 0 N–H and O–H groups in total. The Labute approximate surface area is 84.7 Å². The number of fused-ring (bicyclic) bond motifs is 2. The lowest BCUT2D eigenvalue weighted by molar-refractivity contribution is -0.0959. The van der Waals surface area contributed by atoms with E-state index >= 15 is 0 Å². The van der Waals surface area contributed by atoms with E-state index in [1.54, 1.807) is 13.8 Å². The predicted octanol–water partition coefficient (Wildman–Crippen LogP) is 0.917. The summed E-state index contributed by atoms with van der Waals surface area (Å²) in [6.07, 6.45) is -0.673. The Hall–Kier alpha value is -0.130. The molecule has 0 aromatic heterocycles. The van der Waals surface area contributed by atoms with E-state index in [0.717, 1.165) is 0 Å². The van der Waals surface area contributed by atoms with Gasteiger partial charge in [0.15, 0.2) is 0 Å². The van der Waals surface area contributed by atoms with Gasteiger partial charge in [-0.05, 0) is 20.8 Å². The van der Waals surface area contributed by atoms with Crippen molar-refractivity contribution >= 4 is 10.1 Å². The molecule has 2 aliphatic heterocycles. The van der Waals surface area contributed by atoms with Crippen molar-refractivity contribution in [2.45, 2.75) is 50.8 Å². The van der Waals surface area contributed by atoms with Gasteiger partial charge in [0.05, 0.1) is 11.7 Å². The maximum Gasteiger partial charge on any atom is 0.273 e. The van der Waals surface area contributed by atoms with E-state index in [0.29, 0.717) is 0 Å². The maximum absolute atomic E-state index is 11.7. The van der Waals surface area contributed by atoms with E-state index in [9.17, 15) is 8.42 Å². The van der Waals surface area contributed by atoms with Crippen molar-refractivity contribution in [1.29, 1.82) is 0 Å². The van der Waals surface area contributed by atoms with Gasteiger partial charge in [-0.2, -0.15) is 8.42 Å². The van der Waals surface area contributed by atoms with E-state index in [1.807, 2.05) is 13.8 Å². The fourth-order valence-corrected chi connectivity index (χ4v) is 4.64. The molecule has 2 heterocycles. The molecule has 5 unspecified atom stereocenters. The Morgan fingerprint density at radius 1 is 1.21 bits per heavy atom. The van der Waals surface area contributed by atoms with E-state index in [1.165, 1.54) is 0 Å². The van der Waals surface area contributed by atoms with Gasteiger partial charge in [-0.3, -0.25) is 4.18 Å². The minimum absolute atomic E-state index is 0.00810. The van der Waals surface area contributed by atoms with Crippen LogP contribution in [0.2, 0.25) is 0 Å². The van der Waals surface area contributed by atoms with Gasteiger partial charge in [-0.25, -0.2) is 0 Å². The Bertz CT molecular complexity index is 350. The van der Waals surface area contributed by atoms with Crippen LogP contribution in [0, 0.1) is 5.92 Å². The van der Waals surface area contributed by atoms with E-state index in [2.05, 4.69) is 0 Å². The zero-order valence-corrected chi connectivity index (χ0v) is 9.67. The maximum atomic E-state index is 11.7. The molecule has 2 fully saturated rings. The van der Waals surface area contributed by atoms with Crippen LogP contribution in [0.4, 0.5) is 0 Å². The molecule has 0 spiro atoms. The van der Waals surface area contributed by atoms with Crippen molar-refractivity contribution in [2.24, 2.45) is 5.92 Å². The summed E-state index contributed by atoms with van der Waals surface area (Å²) in [6.45, 7) is 7.39. The summed E-state index contributed by atoms with van der Waals surface area (Å²) in [6, 6.07) is 0. The number of hydrogen-bond acceptors (Lipinski definition) is 4. The second-order valence-corrected chi connectivity index (χ2v) is 6.21. The fourth-order valence-electron chi connectivity index (χ4n) is 2.62. The van der Waals surface area contributed by atoms with Crippen LogP contribution in [0.3, 0.4) is 0 Å². The molecular formula is C9H16O4S. The molecule has 0 amide bonds. The van der Waals surface area contributed by atoms with Gasteiger partial charge in [-0.1, -0.05) is 6.92 Å². The third-order valence-corrected chi connectivity index (χ3v) is 5.73. The molecule has 4 nitrogen and oxygen atoms in total. The molecule has 0 aliphatic carbocycles. The summed E-state index contributed by atoms with van der Waals surface area (Å²) < 4.78 is 34.2. The van der Waals surface area contributed by atoms with Crippen LogP contribution in [0.15, 0.2) is 0 Å². The van der Waals surface area contributed by atoms with Gasteiger partial charge >= 0.3 is 0 Å². The summed E-state index contributed by atoms with van der Waals surface area (Å²) in [7, 11) is -3.44. The highest BCUT2D eigenvalue weighted by Gasteiger charge is 2.61. The molecule has 0 saturated carbocycles. The highest BCUT2D eigenvalue weighted by atomic mass is 32.2. The largest absolute Gasteiger partial charge is 0.368 e. The Kier molecular flexibility index (Phi) is 2.01. The van der Waals surface area contributed by atoms with Gasteiger partial charge in [0, 0.05) is 5.92 Å². The van der Waals surface area contributed by atoms with Crippen LogP contribution in [0.5, 0.6) is 0 Å². The Balaban J connectivity index is 2.51. The summed E-state index contributed by atoms with van der Waals surface area (Å²) in [4.78, 5) is 0. The first-order valence-corrected chi connectivity index (χ1v) is 6.36. The summed E-state index contributed by atoms with van der Waals surface area (Å²) in [5, 5.41) is -0.510. The first-order valence-electron chi connectivity index (χ1n) is 4.89. The van der Waals surface area contributed by atoms with Gasteiger partial charge in [0.25, 0.3) is 10.1 Å². The third-order valence-electron chi connectivity index (χ3n) is 3.72. The number of ether oxygens (including phenoxy) is 1. The van der Waals surface area contributed by atoms with Gasteiger partial charge in [0.2, 0.25) is 0 Å². The first-order chi connectivity index (χ1) is 6.29. The van der Waals surface area contributed by atoms with Crippen molar-refractivity contribution < 1.29 is 17.3 Å². The van der Waals surface area contributed by atoms with Crippen molar-refractivity contribution in [3.8, 4) is 0 Å². The average molecular weight is 220 g/mol. The summed E-state index contributed by atoms with van der Waals surface area (Å²) in [5.41, 5.74) is -0.463. The average Bonchev–Trinajstić information content (AvgIpc) is 2.18. The van der Waals surface area contributed by atoms with E-state index < -0.39 is 27.1 Å². The highest BCUT2D eigenvalue weighted by molar-refractivity contribution is 7.87. The SMILES string of the molecule is CC1OC2(C)C(C)OS(=O)(=O)C1C2C. The van der Waals surface area contributed by atoms with Crippen LogP contribution in [0.25, 0.3) is 0 Å². The smallest absolute Gasteiger partial charge is 0.273 e. The van der Waals surface area contributed by atoms with Crippen molar-refractivity contribution in [1.82, 2.24) is 0 Å². The van der Waals surface area contributed by atoms with Crippen molar-refractivity contribution in [2.75, 3.05) is 0 Å². The molecule has 2 bridgehead atoms. The molecule has 2 aliphatic rings. The van der Waals surface area contributed by atoms with Crippen LogP contribution in [-0.2, 0) is 19.0 Å². The molecule has 14 heavy (non-hydrogen) atoms. The topological polar surface area (TPSA) is 52.6 Å². The molecule has 5 heteroatoms. The van der Waals surface area contributed by atoms with Crippen LogP contribution < -0.4 is 0 Å². The summed E-state index contributed by atoms with van der Waals surface area (Å²) in [5.74, 6) is -0.00810. The second-order valence-electron chi connectivity index (χ2n) is 4.49. The minimum atomic E-state index is -3.44. The lowest BCUT2D eigenvalue weighted by Crippen LogP contribution is -2.52. The molecule has 2 rings (SSSR count). The monoisotopic (exact) mass is 220 g/mol. The Morgan fingerprint density at radius 3 is 2.36 bits per heavy atom. The number of rotatable bonds is 0. The zero-order valence-electron chi connectivity index (χ0n) is 8.85. The first kappa shape index (κ1) is 10.4. The van der Waals surface area contributed by atoms with Crippen molar-refractivity contribution in [3.63, 3.8) is 0 Å². The second kappa shape index (κ2) is 2.71. The lowest BCUT2D eigenvalue weighted by atomic mass is 9.85. The minimum Gasteiger partial charge on any atom is -0.368 e. The molecule has 5 atom stereocenters. The molecule has 0 aromatic rings. The number of hydrogen-bond donors (Lipinski definition) is 0. The zero-order chi connectivity index (χ0) is 10.7. The lowest BCUT2D eigenvalue weighted by Gasteiger charge is -2.38. The van der Waals surface area contributed by atoms with Crippen molar-refractivity contribution in [3.05, 3.63) is 0 Å². The van der Waals surface area contributed by atoms with E-state index in [4.69, 9.17) is 8.92 Å². The van der Waals surface area contributed by atoms with Crippen LogP contribution >= 0.6 is 0 Å². The normalized spacial score (nSPS) is 56.0. The van der Waals surface area contributed by atoms with Gasteiger partial charge in [0.1, 0.15) is 11.4 Å². The van der Waals surface area contributed by atoms with E-state index in [-0.39, 0.29) is 12.0 Å². The molecular weight excluding hydrogens is 204 g/mol. The molecule has 0 aromatic carbocycles. The molecule has 82 valence electrons. The summed E-state index contributed by atoms with van der Waals surface area (Å²) >= 11 is 0. The highest BCUT2D eigenvalue weighted by Crippen LogP contribution is 2.47. The van der Waals surface area contributed by atoms with Crippen LogP contribution in [0.1, 0.15) is 27.7 Å². The van der Waals surface area contributed by atoms with Crippen LogP contribution in [-0.4, -0.2) is 31.5 Å². The van der Waals surface area contributed by atoms with Gasteiger partial charge < -0.3 is 4.74 Å². The molecule has 0 radical (unpaired) electrons. The quantitative estimate of drug-likeness (QED) is 0.570. The fraction of sp³-hybridized carbons (Fsp3) is 1.00. The predicted molar refractivity (Wildman–Crippen MR) is 51.4 cm³/mol. The standard InChI is InChI=1S/C9H16O4S/c1-5-8-6(2)12-9(5,4)7(3)13-14(8,10)11/h5-8H,1-4H3. The Morgan fingerprint density at radius 2 is 1.79 bits per heavy atom. The van der Waals surface area contributed by atoms with Gasteiger partial charge in [-0.15, -0.1) is 0 Å². The third kappa shape index (κ3) is 1.09.